The Morgan fingerprint density at radius 3 is 2.59 bits per heavy atom. The fraction of sp³-hybridized carbons (Fsp3) is 0.520. The van der Waals surface area contributed by atoms with E-state index in [1.165, 1.54) is 12.3 Å². The standard InChI is InChI=1S/C25H33NO6/c1-16(2)7-5-8-17-14-26-15-20(25(28)29)22(27)13-21(26)19-12-23(31-4)24(11-18(17)19)32-10-6-9-30-3/h11-13,15-17H,5-10,14H2,1-4H3,(H,28,29)/t17-/m1/s1. The van der Waals surface area contributed by atoms with Crippen LogP contribution in [0.5, 0.6) is 11.5 Å². The third-order valence-electron chi connectivity index (χ3n) is 5.91. The van der Waals surface area contributed by atoms with Crippen molar-refractivity contribution in [1.29, 1.82) is 0 Å². The first-order valence-electron chi connectivity index (χ1n) is 11.2. The molecule has 0 saturated carbocycles. The summed E-state index contributed by atoms with van der Waals surface area (Å²) >= 11 is 0. The molecule has 0 fully saturated rings. The number of nitrogens with zero attached hydrogens (tertiary/aromatic N) is 1. The summed E-state index contributed by atoms with van der Waals surface area (Å²) in [5.41, 5.74) is 2.01. The van der Waals surface area contributed by atoms with Crippen LogP contribution >= 0.6 is 0 Å². The third-order valence-corrected chi connectivity index (χ3v) is 5.91. The van der Waals surface area contributed by atoms with Crippen molar-refractivity contribution in [2.24, 2.45) is 5.92 Å². The lowest BCUT2D eigenvalue weighted by molar-refractivity contribution is 0.0694. The van der Waals surface area contributed by atoms with Crippen molar-refractivity contribution in [1.82, 2.24) is 4.57 Å². The van der Waals surface area contributed by atoms with E-state index in [4.69, 9.17) is 14.2 Å². The number of benzene rings is 1. The number of aromatic carboxylic acids is 1. The maximum atomic E-state index is 12.4. The Morgan fingerprint density at radius 1 is 1.16 bits per heavy atom. The molecule has 0 saturated heterocycles. The van der Waals surface area contributed by atoms with Crippen LogP contribution in [-0.4, -0.2) is 43.1 Å². The van der Waals surface area contributed by atoms with Crippen molar-refractivity contribution >= 4 is 5.97 Å². The van der Waals surface area contributed by atoms with Gasteiger partial charge in [0.25, 0.3) is 0 Å². The van der Waals surface area contributed by atoms with Crippen LogP contribution in [0.2, 0.25) is 0 Å². The molecule has 0 amide bonds. The zero-order valence-corrected chi connectivity index (χ0v) is 19.3. The molecule has 1 aromatic heterocycles. The van der Waals surface area contributed by atoms with Crippen LogP contribution in [0, 0.1) is 5.92 Å². The fourth-order valence-electron chi connectivity index (χ4n) is 4.27. The van der Waals surface area contributed by atoms with Crippen LogP contribution in [0.25, 0.3) is 11.3 Å². The Labute approximate surface area is 188 Å². The van der Waals surface area contributed by atoms with E-state index in [1.807, 2.05) is 16.7 Å². The number of hydrogen-bond donors (Lipinski definition) is 1. The molecule has 174 valence electrons. The van der Waals surface area contributed by atoms with Gasteiger partial charge in [-0.25, -0.2) is 4.79 Å². The minimum atomic E-state index is -1.20. The van der Waals surface area contributed by atoms with Crippen LogP contribution in [0.3, 0.4) is 0 Å². The molecule has 1 aliphatic rings. The zero-order chi connectivity index (χ0) is 23.3. The van der Waals surface area contributed by atoms with E-state index >= 15 is 0 Å². The Morgan fingerprint density at radius 2 is 1.94 bits per heavy atom. The van der Waals surface area contributed by atoms with Crippen molar-refractivity contribution in [3.63, 3.8) is 0 Å². The number of ether oxygens (including phenoxy) is 3. The lowest BCUT2D eigenvalue weighted by Gasteiger charge is -2.31. The second-order valence-electron chi connectivity index (χ2n) is 8.70. The van der Waals surface area contributed by atoms with Gasteiger partial charge in [0.2, 0.25) is 0 Å². The summed E-state index contributed by atoms with van der Waals surface area (Å²) in [5.74, 6) is 0.868. The summed E-state index contributed by atoms with van der Waals surface area (Å²) in [7, 11) is 3.25. The van der Waals surface area contributed by atoms with Crippen molar-refractivity contribution in [3.05, 3.63) is 45.7 Å². The molecule has 0 unspecified atom stereocenters. The van der Waals surface area contributed by atoms with E-state index in [-0.39, 0.29) is 11.5 Å². The van der Waals surface area contributed by atoms with Gasteiger partial charge >= 0.3 is 5.97 Å². The minimum absolute atomic E-state index is 0.188. The van der Waals surface area contributed by atoms with E-state index in [9.17, 15) is 14.7 Å². The summed E-state index contributed by atoms with van der Waals surface area (Å²) in [6.45, 7) is 6.18. The Hall–Kier alpha value is -2.80. The number of fused-ring (bicyclic) bond motifs is 3. The maximum absolute atomic E-state index is 12.4. The number of carbonyl (C=O) groups is 1. The third kappa shape index (κ3) is 5.33. The van der Waals surface area contributed by atoms with Gasteiger partial charge in [-0.05, 0) is 30.0 Å². The highest BCUT2D eigenvalue weighted by atomic mass is 16.5. The SMILES string of the molecule is COCCCOc1cc2c(cc1OC)-c1cc(=O)c(C(=O)O)cn1C[C@H]2CCCC(C)C. The molecule has 1 N–H and O–H groups in total. The number of hydrogen-bond acceptors (Lipinski definition) is 5. The monoisotopic (exact) mass is 443 g/mol. The van der Waals surface area contributed by atoms with Gasteiger partial charge in [0, 0.05) is 50.4 Å². The van der Waals surface area contributed by atoms with E-state index < -0.39 is 11.4 Å². The molecule has 7 nitrogen and oxygen atoms in total. The highest BCUT2D eigenvalue weighted by Crippen LogP contribution is 2.44. The average molecular weight is 444 g/mol. The molecule has 1 aromatic carbocycles. The molecule has 1 atom stereocenters. The van der Waals surface area contributed by atoms with Gasteiger partial charge in [-0.3, -0.25) is 4.79 Å². The summed E-state index contributed by atoms with van der Waals surface area (Å²) in [4.78, 5) is 23.9. The van der Waals surface area contributed by atoms with Crippen LogP contribution in [-0.2, 0) is 11.3 Å². The highest BCUT2D eigenvalue weighted by Gasteiger charge is 2.28. The fourth-order valence-corrected chi connectivity index (χ4v) is 4.27. The zero-order valence-electron chi connectivity index (χ0n) is 19.3. The van der Waals surface area contributed by atoms with Gasteiger partial charge in [-0.1, -0.05) is 26.7 Å². The van der Waals surface area contributed by atoms with Crippen molar-refractivity contribution < 1.29 is 24.1 Å². The van der Waals surface area contributed by atoms with Gasteiger partial charge in [-0.2, -0.15) is 0 Å². The first kappa shape index (κ1) is 23.9. The summed E-state index contributed by atoms with van der Waals surface area (Å²) in [6.07, 6.45) is 5.40. The van der Waals surface area contributed by atoms with Crippen LogP contribution in [0.15, 0.2) is 29.2 Å². The van der Waals surface area contributed by atoms with E-state index in [0.717, 1.165) is 36.8 Å². The number of carboxylic acids is 1. The number of pyridine rings is 1. The predicted molar refractivity (Wildman–Crippen MR) is 123 cm³/mol. The summed E-state index contributed by atoms with van der Waals surface area (Å²) in [5, 5.41) is 9.41. The molecular weight excluding hydrogens is 410 g/mol. The first-order valence-corrected chi connectivity index (χ1v) is 11.2. The summed E-state index contributed by atoms with van der Waals surface area (Å²) in [6, 6.07) is 5.35. The first-order chi connectivity index (χ1) is 15.3. The quantitative estimate of drug-likeness (QED) is 0.512. The van der Waals surface area contributed by atoms with E-state index in [1.54, 1.807) is 14.2 Å². The van der Waals surface area contributed by atoms with Gasteiger partial charge in [-0.15, -0.1) is 0 Å². The summed E-state index contributed by atoms with van der Waals surface area (Å²) < 4.78 is 18.6. The van der Waals surface area contributed by atoms with Gasteiger partial charge < -0.3 is 23.9 Å². The van der Waals surface area contributed by atoms with E-state index in [0.29, 0.717) is 42.9 Å². The topological polar surface area (TPSA) is 87.0 Å². The average Bonchev–Trinajstić information content (AvgIpc) is 2.75. The molecule has 7 heteroatoms. The molecule has 3 rings (SSSR count). The lowest BCUT2D eigenvalue weighted by Crippen LogP contribution is -2.24. The Balaban J connectivity index is 2.04. The smallest absolute Gasteiger partial charge is 0.341 e. The molecule has 2 heterocycles. The van der Waals surface area contributed by atoms with Gasteiger partial charge in [0.15, 0.2) is 16.9 Å². The Bertz CT molecular complexity index is 1010. The molecule has 0 radical (unpaired) electrons. The van der Waals surface area contributed by atoms with Crippen LogP contribution < -0.4 is 14.9 Å². The number of carboxylic acid groups (broad SMARTS) is 1. The molecule has 1 aliphatic heterocycles. The molecule has 0 aliphatic carbocycles. The Kier molecular flexibility index (Phi) is 7.96. The van der Waals surface area contributed by atoms with Crippen LogP contribution in [0.4, 0.5) is 0 Å². The minimum Gasteiger partial charge on any atom is -0.493 e. The highest BCUT2D eigenvalue weighted by molar-refractivity contribution is 5.87. The van der Waals surface area contributed by atoms with E-state index in [2.05, 4.69) is 13.8 Å². The largest absolute Gasteiger partial charge is 0.493 e. The molecule has 2 aromatic rings. The number of rotatable bonds is 11. The van der Waals surface area contributed by atoms with Crippen molar-refractivity contribution in [2.45, 2.75) is 52.0 Å². The molecular formula is C25H33NO6. The molecule has 0 bridgehead atoms. The molecule has 32 heavy (non-hydrogen) atoms. The number of aromatic nitrogens is 1. The maximum Gasteiger partial charge on any atom is 0.341 e. The predicted octanol–water partition coefficient (Wildman–Crippen LogP) is 4.56. The second kappa shape index (κ2) is 10.7. The van der Waals surface area contributed by atoms with Gasteiger partial charge in [0.1, 0.15) is 5.56 Å². The van der Waals surface area contributed by atoms with Crippen molar-refractivity contribution in [2.75, 3.05) is 27.4 Å². The normalized spacial score (nSPS) is 14.7. The second-order valence-corrected chi connectivity index (χ2v) is 8.70. The number of methoxy groups -OCH3 is 2. The van der Waals surface area contributed by atoms with Crippen molar-refractivity contribution in [3.8, 4) is 22.8 Å². The van der Waals surface area contributed by atoms with Crippen LogP contribution in [0.1, 0.15) is 61.4 Å². The lowest BCUT2D eigenvalue weighted by atomic mass is 9.84. The molecule has 0 spiro atoms. The van der Waals surface area contributed by atoms with Gasteiger partial charge in [0.05, 0.1) is 19.4 Å².